The summed E-state index contributed by atoms with van der Waals surface area (Å²) in [4.78, 5) is 19.4. The summed E-state index contributed by atoms with van der Waals surface area (Å²) in [6.45, 7) is 4.23. The van der Waals surface area contributed by atoms with Gasteiger partial charge in [0.15, 0.2) is 5.58 Å². The minimum absolute atomic E-state index is 0.0102. The molecule has 0 N–H and O–H groups in total. The van der Waals surface area contributed by atoms with E-state index in [0.717, 1.165) is 49.2 Å². The van der Waals surface area contributed by atoms with Crippen molar-refractivity contribution >= 4 is 17.0 Å². The fraction of sp³-hybridized carbons (Fsp3) is 0.391. The normalized spacial score (nSPS) is 16.9. The van der Waals surface area contributed by atoms with E-state index in [1.165, 1.54) is 0 Å². The maximum Gasteiger partial charge on any atom is 0.254 e. The van der Waals surface area contributed by atoms with Crippen LogP contribution in [0, 0.1) is 0 Å². The smallest absolute Gasteiger partial charge is 0.254 e. The highest BCUT2D eigenvalue weighted by atomic mass is 16.5. The number of nitrogens with zero attached hydrogens (tertiary/aromatic N) is 2. The predicted molar refractivity (Wildman–Crippen MR) is 111 cm³/mol. The molecule has 1 aromatic heterocycles. The van der Waals surface area contributed by atoms with Gasteiger partial charge in [0.2, 0.25) is 5.89 Å². The van der Waals surface area contributed by atoms with Crippen LogP contribution in [-0.2, 0) is 4.74 Å². The first kappa shape index (κ1) is 19.5. The number of fused-ring (bicyclic) bond motifs is 1. The Hall–Kier alpha value is -2.86. The van der Waals surface area contributed by atoms with Crippen molar-refractivity contribution in [1.29, 1.82) is 0 Å². The lowest BCUT2D eigenvalue weighted by Crippen LogP contribution is -2.43. The second kappa shape index (κ2) is 8.66. The summed E-state index contributed by atoms with van der Waals surface area (Å²) < 4.78 is 17.1. The minimum Gasteiger partial charge on any atom is -0.497 e. The van der Waals surface area contributed by atoms with Crippen molar-refractivity contribution in [2.75, 3.05) is 26.8 Å². The first-order chi connectivity index (χ1) is 14.2. The van der Waals surface area contributed by atoms with Gasteiger partial charge in [-0.15, -0.1) is 0 Å². The Balaban J connectivity index is 1.54. The zero-order chi connectivity index (χ0) is 20.2. The number of rotatable bonds is 6. The number of piperidine rings is 1. The van der Waals surface area contributed by atoms with E-state index < -0.39 is 0 Å². The Bertz CT molecular complexity index is 997. The molecular weight excluding hydrogens is 368 g/mol. The van der Waals surface area contributed by atoms with Gasteiger partial charge in [-0.05, 0) is 55.7 Å². The molecule has 0 spiro atoms. The molecule has 1 amide bonds. The molecule has 2 aromatic carbocycles. The maximum atomic E-state index is 13.0. The number of amides is 1. The van der Waals surface area contributed by atoms with E-state index >= 15 is 0 Å². The van der Waals surface area contributed by atoms with Crippen LogP contribution in [0.3, 0.4) is 0 Å². The van der Waals surface area contributed by atoms with E-state index in [4.69, 9.17) is 13.9 Å². The topological polar surface area (TPSA) is 64.8 Å². The third-order valence-corrected chi connectivity index (χ3v) is 5.18. The van der Waals surface area contributed by atoms with Crippen LogP contribution in [0.2, 0.25) is 0 Å². The fourth-order valence-electron chi connectivity index (χ4n) is 3.66. The quantitative estimate of drug-likeness (QED) is 0.614. The predicted octanol–water partition coefficient (Wildman–Crippen LogP) is 4.53. The van der Waals surface area contributed by atoms with Crippen LogP contribution in [0.5, 0.6) is 5.75 Å². The Labute approximate surface area is 170 Å². The molecule has 1 fully saturated rings. The molecule has 1 aliphatic rings. The molecule has 0 aliphatic carbocycles. The van der Waals surface area contributed by atoms with Crippen molar-refractivity contribution in [2.24, 2.45) is 0 Å². The van der Waals surface area contributed by atoms with Gasteiger partial charge in [0, 0.05) is 30.8 Å². The van der Waals surface area contributed by atoms with Crippen LogP contribution >= 0.6 is 0 Å². The van der Waals surface area contributed by atoms with E-state index in [-0.39, 0.29) is 12.0 Å². The molecule has 4 rings (SSSR count). The standard InChI is InChI=1S/C23H26N2O4/c1-3-12-28-19-8-5-11-25(15-19)23(26)17-9-10-20-21(14-17)29-22(24-20)16-6-4-7-18(13-16)27-2/h4,6-7,9-10,13-14,19H,3,5,8,11-12,15H2,1-2H3/t19-/m0/s1. The van der Waals surface area contributed by atoms with E-state index in [1.807, 2.05) is 41.3 Å². The van der Waals surface area contributed by atoms with E-state index in [1.54, 1.807) is 13.2 Å². The van der Waals surface area contributed by atoms with Gasteiger partial charge in [-0.2, -0.15) is 0 Å². The van der Waals surface area contributed by atoms with Gasteiger partial charge in [-0.1, -0.05) is 13.0 Å². The van der Waals surface area contributed by atoms with Gasteiger partial charge >= 0.3 is 0 Å². The third kappa shape index (κ3) is 4.27. The van der Waals surface area contributed by atoms with E-state index in [9.17, 15) is 4.79 Å². The summed E-state index contributed by atoms with van der Waals surface area (Å²) in [5, 5.41) is 0. The lowest BCUT2D eigenvalue weighted by Gasteiger charge is -2.32. The van der Waals surface area contributed by atoms with E-state index in [2.05, 4.69) is 11.9 Å². The van der Waals surface area contributed by atoms with Crippen LogP contribution in [0.15, 0.2) is 46.9 Å². The van der Waals surface area contributed by atoms with Crippen LogP contribution in [0.1, 0.15) is 36.5 Å². The van der Waals surface area contributed by atoms with Gasteiger partial charge in [0.05, 0.1) is 13.2 Å². The molecule has 6 heteroatoms. The van der Waals surface area contributed by atoms with Crippen molar-refractivity contribution in [3.63, 3.8) is 0 Å². The number of ether oxygens (including phenoxy) is 2. The summed E-state index contributed by atoms with van der Waals surface area (Å²) in [7, 11) is 1.63. The Morgan fingerprint density at radius 2 is 2.17 bits per heavy atom. The number of oxazole rings is 1. The van der Waals surface area contributed by atoms with Crippen molar-refractivity contribution in [1.82, 2.24) is 9.88 Å². The highest BCUT2D eigenvalue weighted by molar-refractivity contribution is 5.97. The van der Waals surface area contributed by atoms with Gasteiger partial charge in [0.1, 0.15) is 11.3 Å². The molecule has 2 heterocycles. The molecule has 1 atom stereocenters. The number of aromatic nitrogens is 1. The lowest BCUT2D eigenvalue weighted by atomic mass is 10.1. The van der Waals surface area contributed by atoms with Crippen molar-refractivity contribution in [3.05, 3.63) is 48.0 Å². The van der Waals surface area contributed by atoms with Crippen LogP contribution in [0.25, 0.3) is 22.6 Å². The molecule has 0 radical (unpaired) electrons. The summed E-state index contributed by atoms with van der Waals surface area (Å²) in [5.41, 5.74) is 2.77. The average molecular weight is 394 g/mol. The molecule has 6 nitrogen and oxygen atoms in total. The molecule has 0 bridgehead atoms. The average Bonchev–Trinajstić information content (AvgIpc) is 3.21. The Morgan fingerprint density at radius 3 is 3.00 bits per heavy atom. The number of carbonyl (C=O) groups excluding carboxylic acids is 1. The summed E-state index contributed by atoms with van der Waals surface area (Å²) >= 11 is 0. The van der Waals surface area contributed by atoms with E-state index in [0.29, 0.717) is 23.6 Å². The van der Waals surface area contributed by atoms with Crippen LogP contribution in [0.4, 0.5) is 0 Å². The first-order valence-electron chi connectivity index (χ1n) is 10.1. The number of methoxy groups -OCH3 is 1. The number of benzene rings is 2. The van der Waals surface area contributed by atoms with Crippen LogP contribution < -0.4 is 4.74 Å². The van der Waals surface area contributed by atoms with Gasteiger partial charge in [-0.3, -0.25) is 4.79 Å². The lowest BCUT2D eigenvalue weighted by molar-refractivity contribution is 0.00211. The van der Waals surface area contributed by atoms with Gasteiger partial charge in [0.25, 0.3) is 5.91 Å². The molecule has 0 saturated carbocycles. The number of carbonyl (C=O) groups is 1. The zero-order valence-corrected chi connectivity index (χ0v) is 16.9. The maximum absolute atomic E-state index is 13.0. The molecule has 1 saturated heterocycles. The molecule has 3 aromatic rings. The highest BCUT2D eigenvalue weighted by Crippen LogP contribution is 2.28. The molecule has 0 unspecified atom stereocenters. The number of likely N-dealkylation sites (tertiary alicyclic amines) is 1. The molecule has 152 valence electrons. The van der Waals surface area contributed by atoms with Crippen molar-refractivity contribution in [2.45, 2.75) is 32.3 Å². The second-order valence-electron chi connectivity index (χ2n) is 7.32. The van der Waals surface area contributed by atoms with Gasteiger partial charge < -0.3 is 18.8 Å². The number of hydrogen-bond acceptors (Lipinski definition) is 5. The largest absolute Gasteiger partial charge is 0.497 e. The molecule has 29 heavy (non-hydrogen) atoms. The molecule has 1 aliphatic heterocycles. The zero-order valence-electron chi connectivity index (χ0n) is 16.9. The van der Waals surface area contributed by atoms with Gasteiger partial charge in [-0.25, -0.2) is 4.98 Å². The SMILES string of the molecule is CCCO[C@H]1CCCN(C(=O)c2ccc3nc(-c4cccc(OC)c4)oc3c2)C1. The Kier molecular flexibility index (Phi) is 5.81. The first-order valence-corrected chi connectivity index (χ1v) is 10.1. The second-order valence-corrected chi connectivity index (χ2v) is 7.32. The highest BCUT2D eigenvalue weighted by Gasteiger charge is 2.25. The monoisotopic (exact) mass is 394 g/mol. The third-order valence-electron chi connectivity index (χ3n) is 5.18. The summed E-state index contributed by atoms with van der Waals surface area (Å²) in [6, 6.07) is 13.0. The van der Waals surface area contributed by atoms with Crippen LogP contribution in [-0.4, -0.2) is 48.7 Å². The summed E-state index contributed by atoms with van der Waals surface area (Å²) in [5.74, 6) is 1.26. The minimum atomic E-state index is 0.0102. The van der Waals surface area contributed by atoms with Crippen molar-refractivity contribution in [3.8, 4) is 17.2 Å². The fourth-order valence-corrected chi connectivity index (χ4v) is 3.66. The Morgan fingerprint density at radius 1 is 1.28 bits per heavy atom. The number of hydrogen-bond donors (Lipinski definition) is 0. The van der Waals surface area contributed by atoms with Crippen molar-refractivity contribution < 1.29 is 18.7 Å². The summed E-state index contributed by atoms with van der Waals surface area (Å²) in [6.07, 6.45) is 3.09. The molecular formula is C23H26N2O4.